The number of carbonyl (C=O) groups is 1. The van der Waals surface area contributed by atoms with Crippen molar-refractivity contribution >= 4 is 5.91 Å². The second-order valence-electron chi connectivity index (χ2n) is 4.20. The Kier molecular flexibility index (Phi) is 4.13. The van der Waals surface area contributed by atoms with Gasteiger partial charge in [0.1, 0.15) is 11.4 Å². The third kappa shape index (κ3) is 3.55. The molecule has 0 aliphatic rings. The molecule has 1 aromatic carbocycles. The molecule has 0 aliphatic heterocycles. The van der Waals surface area contributed by atoms with Crippen LogP contribution in [0.4, 0.5) is 0 Å². The van der Waals surface area contributed by atoms with Crippen molar-refractivity contribution < 1.29 is 9.53 Å². The van der Waals surface area contributed by atoms with E-state index in [9.17, 15) is 4.79 Å². The quantitative estimate of drug-likeness (QED) is 0.913. The van der Waals surface area contributed by atoms with Crippen molar-refractivity contribution in [2.75, 3.05) is 7.11 Å². The lowest BCUT2D eigenvalue weighted by Gasteiger charge is -2.07. The minimum absolute atomic E-state index is 0.175. The van der Waals surface area contributed by atoms with E-state index in [1.54, 1.807) is 13.2 Å². The van der Waals surface area contributed by atoms with Crippen LogP contribution in [0.1, 0.15) is 21.7 Å². The van der Waals surface area contributed by atoms with Crippen LogP contribution in [0.5, 0.6) is 5.75 Å². The summed E-state index contributed by atoms with van der Waals surface area (Å²) in [5, 5.41) is 2.84. The molecule has 2 rings (SSSR count). The van der Waals surface area contributed by atoms with Crippen LogP contribution in [0.2, 0.25) is 0 Å². The number of benzene rings is 1. The van der Waals surface area contributed by atoms with Crippen LogP contribution in [0, 0.1) is 6.92 Å². The number of hydrogen-bond donors (Lipinski definition) is 1. The van der Waals surface area contributed by atoms with E-state index >= 15 is 0 Å². The van der Waals surface area contributed by atoms with Gasteiger partial charge in [-0.1, -0.05) is 18.2 Å². The first-order valence-corrected chi connectivity index (χ1v) is 6.04. The summed E-state index contributed by atoms with van der Waals surface area (Å²) in [6.45, 7) is 2.31. The number of amides is 1. The molecule has 0 radical (unpaired) electrons. The summed E-state index contributed by atoms with van der Waals surface area (Å²) >= 11 is 0. The largest absolute Gasteiger partial charge is 0.497 e. The van der Waals surface area contributed by atoms with Gasteiger partial charge < -0.3 is 10.1 Å². The molecule has 1 aromatic heterocycles. The highest BCUT2D eigenvalue weighted by atomic mass is 16.5. The average Bonchev–Trinajstić information content (AvgIpc) is 2.45. The van der Waals surface area contributed by atoms with Gasteiger partial charge in [-0.2, -0.15) is 0 Å². The van der Waals surface area contributed by atoms with Crippen LogP contribution in [0.3, 0.4) is 0 Å². The Morgan fingerprint density at radius 2 is 2.05 bits per heavy atom. The van der Waals surface area contributed by atoms with Crippen molar-refractivity contribution in [3.05, 3.63) is 59.4 Å². The van der Waals surface area contributed by atoms with Gasteiger partial charge >= 0.3 is 0 Å². The summed E-state index contributed by atoms with van der Waals surface area (Å²) in [7, 11) is 1.62. The van der Waals surface area contributed by atoms with Crippen molar-refractivity contribution in [3.8, 4) is 5.75 Å². The summed E-state index contributed by atoms with van der Waals surface area (Å²) in [5.41, 5.74) is 2.25. The van der Waals surface area contributed by atoms with Crippen LogP contribution >= 0.6 is 0 Å². The molecule has 0 bridgehead atoms. The summed E-state index contributed by atoms with van der Waals surface area (Å²) < 4.78 is 5.14. The SMILES string of the molecule is COc1cccc(CNC(=O)c2cccc(C)n2)c1. The monoisotopic (exact) mass is 256 g/mol. The van der Waals surface area contributed by atoms with Crippen LogP contribution in [0.25, 0.3) is 0 Å². The Bertz CT molecular complexity index is 582. The van der Waals surface area contributed by atoms with Crippen molar-refractivity contribution in [2.24, 2.45) is 0 Å². The minimum atomic E-state index is -0.175. The fourth-order valence-electron chi connectivity index (χ4n) is 1.72. The number of nitrogens with zero attached hydrogens (tertiary/aromatic N) is 1. The maximum atomic E-state index is 11.9. The number of methoxy groups -OCH3 is 1. The smallest absolute Gasteiger partial charge is 0.270 e. The first-order valence-electron chi connectivity index (χ1n) is 6.04. The number of carbonyl (C=O) groups excluding carboxylic acids is 1. The molecule has 0 saturated carbocycles. The van der Waals surface area contributed by atoms with Gasteiger partial charge in [0.25, 0.3) is 5.91 Å². The third-order valence-electron chi connectivity index (χ3n) is 2.71. The van der Waals surface area contributed by atoms with Crippen molar-refractivity contribution in [1.29, 1.82) is 0 Å². The van der Waals surface area contributed by atoms with E-state index in [1.807, 2.05) is 43.3 Å². The molecule has 19 heavy (non-hydrogen) atoms. The van der Waals surface area contributed by atoms with Crippen LogP contribution in [-0.4, -0.2) is 18.0 Å². The normalized spacial score (nSPS) is 10.0. The zero-order valence-corrected chi connectivity index (χ0v) is 11.0. The fourth-order valence-corrected chi connectivity index (χ4v) is 1.72. The predicted molar refractivity (Wildman–Crippen MR) is 73.1 cm³/mol. The lowest BCUT2D eigenvalue weighted by molar-refractivity contribution is 0.0945. The number of nitrogens with one attached hydrogen (secondary N) is 1. The maximum absolute atomic E-state index is 11.9. The first-order chi connectivity index (χ1) is 9.19. The zero-order valence-electron chi connectivity index (χ0n) is 11.0. The molecule has 98 valence electrons. The lowest BCUT2D eigenvalue weighted by atomic mass is 10.2. The van der Waals surface area contributed by atoms with E-state index < -0.39 is 0 Å². The molecule has 0 spiro atoms. The van der Waals surface area contributed by atoms with Gasteiger partial charge in [-0.25, -0.2) is 4.98 Å². The van der Waals surface area contributed by atoms with Gasteiger partial charge in [0, 0.05) is 12.2 Å². The number of pyridine rings is 1. The highest BCUT2D eigenvalue weighted by Gasteiger charge is 2.06. The van der Waals surface area contributed by atoms with E-state index in [2.05, 4.69) is 10.3 Å². The Morgan fingerprint density at radius 3 is 2.79 bits per heavy atom. The molecule has 0 atom stereocenters. The molecule has 4 nitrogen and oxygen atoms in total. The van der Waals surface area contributed by atoms with E-state index in [4.69, 9.17) is 4.74 Å². The topological polar surface area (TPSA) is 51.2 Å². The third-order valence-corrected chi connectivity index (χ3v) is 2.71. The molecule has 2 aromatic rings. The van der Waals surface area contributed by atoms with E-state index in [0.29, 0.717) is 12.2 Å². The minimum Gasteiger partial charge on any atom is -0.497 e. The second kappa shape index (κ2) is 6.00. The van der Waals surface area contributed by atoms with E-state index in [0.717, 1.165) is 17.0 Å². The predicted octanol–water partition coefficient (Wildman–Crippen LogP) is 2.33. The molecular formula is C15H16N2O2. The van der Waals surface area contributed by atoms with Gasteiger partial charge in [0.15, 0.2) is 0 Å². The summed E-state index contributed by atoms with van der Waals surface area (Å²) in [6, 6.07) is 13.0. The molecule has 0 fully saturated rings. The van der Waals surface area contributed by atoms with Crippen molar-refractivity contribution in [3.63, 3.8) is 0 Å². The molecule has 0 unspecified atom stereocenters. The van der Waals surface area contributed by atoms with Crippen LogP contribution in [-0.2, 0) is 6.54 Å². The molecule has 1 heterocycles. The molecular weight excluding hydrogens is 240 g/mol. The molecule has 1 N–H and O–H groups in total. The van der Waals surface area contributed by atoms with Gasteiger partial charge in [-0.05, 0) is 36.8 Å². The number of aryl methyl sites for hydroxylation is 1. The lowest BCUT2D eigenvalue weighted by Crippen LogP contribution is -2.23. The highest BCUT2D eigenvalue weighted by molar-refractivity contribution is 5.92. The molecule has 0 saturated heterocycles. The maximum Gasteiger partial charge on any atom is 0.270 e. The zero-order chi connectivity index (χ0) is 13.7. The Morgan fingerprint density at radius 1 is 1.26 bits per heavy atom. The van der Waals surface area contributed by atoms with Crippen molar-refractivity contribution in [1.82, 2.24) is 10.3 Å². The number of rotatable bonds is 4. The summed E-state index contributed by atoms with van der Waals surface area (Å²) in [5.74, 6) is 0.604. The molecule has 4 heteroatoms. The standard InChI is InChI=1S/C15H16N2O2/c1-11-5-3-8-14(17-11)15(18)16-10-12-6-4-7-13(9-12)19-2/h3-9H,10H2,1-2H3,(H,16,18). The van der Waals surface area contributed by atoms with Gasteiger partial charge in [-0.15, -0.1) is 0 Å². The second-order valence-corrected chi connectivity index (χ2v) is 4.20. The number of hydrogen-bond acceptors (Lipinski definition) is 3. The van der Waals surface area contributed by atoms with Gasteiger partial charge in [0.2, 0.25) is 0 Å². The Balaban J connectivity index is 2.00. The van der Waals surface area contributed by atoms with E-state index in [1.165, 1.54) is 0 Å². The first kappa shape index (κ1) is 13.1. The summed E-state index contributed by atoms with van der Waals surface area (Å²) in [6.07, 6.45) is 0. The molecule has 1 amide bonds. The van der Waals surface area contributed by atoms with Crippen LogP contribution < -0.4 is 10.1 Å². The highest BCUT2D eigenvalue weighted by Crippen LogP contribution is 2.12. The Labute approximate surface area is 112 Å². The van der Waals surface area contributed by atoms with E-state index in [-0.39, 0.29) is 5.91 Å². The molecule has 0 aliphatic carbocycles. The van der Waals surface area contributed by atoms with Crippen molar-refractivity contribution in [2.45, 2.75) is 13.5 Å². The summed E-state index contributed by atoms with van der Waals surface area (Å²) in [4.78, 5) is 16.1. The van der Waals surface area contributed by atoms with Gasteiger partial charge in [-0.3, -0.25) is 4.79 Å². The fraction of sp³-hybridized carbons (Fsp3) is 0.200. The van der Waals surface area contributed by atoms with Crippen LogP contribution in [0.15, 0.2) is 42.5 Å². The van der Waals surface area contributed by atoms with Gasteiger partial charge in [0.05, 0.1) is 7.11 Å². The average molecular weight is 256 g/mol. The Hall–Kier alpha value is -2.36. The number of ether oxygens (including phenoxy) is 1. The number of aromatic nitrogens is 1.